The Hall–Kier alpha value is -2.82. The lowest BCUT2D eigenvalue weighted by atomic mass is 10.1. The third-order valence-corrected chi connectivity index (χ3v) is 2.63. The van der Waals surface area contributed by atoms with E-state index in [0.717, 1.165) is 13.0 Å². The average molecular weight is 327 g/mol. The van der Waals surface area contributed by atoms with E-state index in [2.05, 4.69) is 4.74 Å². The van der Waals surface area contributed by atoms with E-state index in [-0.39, 0.29) is 16.9 Å². The minimum Gasteiger partial charge on any atom is -0.496 e. The summed E-state index contributed by atoms with van der Waals surface area (Å²) in [5.41, 5.74) is -0.0269. The predicted molar refractivity (Wildman–Crippen MR) is 73.4 cm³/mol. The van der Waals surface area contributed by atoms with Gasteiger partial charge in [-0.2, -0.15) is 18.4 Å². The van der Waals surface area contributed by atoms with Crippen LogP contribution in [0.25, 0.3) is 6.08 Å². The van der Waals surface area contributed by atoms with Gasteiger partial charge in [0.2, 0.25) is 0 Å². The van der Waals surface area contributed by atoms with Crippen LogP contribution in [0.4, 0.5) is 13.2 Å². The third-order valence-electron chi connectivity index (χ3n) is 2.63. The van der Waals surface area contributed by atoms with Crippen LogP contribution in [-0.4, -0.2) is 31.6 Å². The molecule has 0 unspecified atom stereocenters. The molecule has 0 saturated heterocycles. The predicted octanol–water partition coefficient (Wildman–Crippen LogP) is 2.64. The molecule has 0 aliphatic rings. The summed E-state index contributed by atoms with van der Waals surface area (Å²) in [6, 6.07) is 6.06. The Morgan fingerprint density at radius 2 is 2.00 bits per heavy atom. The Balaban J connectivity index is 3.16. The maximum atomic E-state index is 12.1. The fourth-order valence-electron chi connectivity index (χ4n) is 1.58. The van der Waals surface area contributed by atoms with E-state index in [9.17, 15) is 22.8 Å². The summed E-state index contributed by atoms with van der Waals surface area (Å²) in [5.74, 6) is -1.96. The van der Waals surface area contributed by atoms with Gasteiger partial charge in [-0.1, -0.05) is 0 Å². The number of hydrogen-bond donors (Lipinski definition) is 0. The number of nitriles is 1. The number of esters is 1. The van der Waals surface area contributed by atoms with E-state index < -0.39 is 30.1 Å². The Morgan fingerprint density at radius 1 is 1.35 bits per heavy atom. The smallest absolute Gasteiger partial charge is 0.422 e. The molecule has 0 aliphatic carbocycles. The highest BCUT2D eigenvalue weighted by molar-refractivity contribution is 6.19. The summed E-state index contributed by atoms with van der Waals surface area (Å²) < 4.78 is 45.3. The first-order chi connectivity index (χ1) is 10.7. The average Bonchev–Trinajstić information content (AvgIpc) is 2.49. The SMILES string of the molecule is COc1cc(C#N)ccc1C=C(C(C)=O)C(=O)OCC(F)(F)F. The van der Waals surface area contributed by atoms with E-state index in [1.165, 1.54) is 25.3 Å². The van der Waals surface area contributed by atoms with Crippen molar-refractivity contribution in [2.24, 2.45) is 0 Å². The van der Waals surface area contributed by atoms with Gasteiger partial charge in [-0.15, -0.1) is 0 Å². The largest absolute Gasteiger partial charge is 0.496 e. The van der Waals surface area contributed by atoms with Crippen LogP contribution in [0.1, 0.15) is 18.1 Å². The van der Waals surface area contributed by atoms with E-state index in [1.807, 2.05) is 6.07 Å². The molecule has 23 heavy (non-hydrogen) atoms. The molecule has 1 aromatic rings. The van der Waals surface area contributed by atoms with Gasteiger partial charge in [-0.25, -0.2) is 4.79 Å². The molecule has 0 spiro atoms. The molecule has 0 heterocycles. The number of ether oxygens (including phenoxy) is 2. The number of nitrogens with zero attached hydrogens (tertiary/aromatic N) is 1. The summed E-state index contributed by atoms with van der Waals surface area (Å²) in [6.45, 7) is -0.766. The number of carbonyl (C=O) groups excluding carboxylic acids is 2. The van der Waals surface area contributed by atoms with Crippen LogP contribution in [-0.2, 0) is 14.3 Å². The van der Waals surface area contributed by atoms with Gasteiger partial charge in [0.25, 0.3) is 0 Å². The standard InChI is InChI=1S/C15H12F3NO4/c1-9(20)12(14(21)23-8-15(16,17)18)6-11-4-3-10(7-19)5-13(11)22-2/h3-6H,8H2,1-2H3. The van der Waals surface area contributed by atoms with Crippen LogP contribution in [0.2, 0.25) is 0 Å². The van der Waals surface area contributed by atoms with Crippen molar-refractivity contribution in [3.8, 4) is 11.8 Å². The van der Waals surface area contributed by atoms with Crippen LogP contribution >= 0.6 is 0 Å². The highest BCUT2D eigenvalue weighted by atomic mass is 19.4. The van der Waals surface area contributed by atoms with Gasteiger partial charge >= 0.3 is 12.1 Å². The number of halogens is 3. The maximum Gasteiger partial charge on any atom is 0.422 e. The van der Waals surface area contributed by atoms with Crippen molar-refractivity contribution in [2.45, 2.75) is 13.1 Å². The van der Waals surface area contributed by atoms with Crippen molar-refractivity contribution in [1.29, 1.82) is 5.26 Å². The molecule has 8 heteroatoms. The van der Waals surface area contributed by atoms with Crippen molar-refractivity contribution in [3.05, 3.63) is 34.9 Å². The molecule has 0 aromatic heterocycles. The van der Waals surface area contributed by atoms with Crippen LogP contribution < -0.4 is 4.74 Å². The molecule has 1 aromatic carbocycles. The van der Waals surface area contributed by atoms with Gasteiger partial charge in [-0.05, 0) is 31.2 Å². The molecule has 0 N–H and O–H groups in total. The van der Waals surface area contributed by atoms with Gasteiger partial charge < -0.3 is 9.47 Å². The number of alkyl halides is 3. The lowest BCUT2D eigenvalue weighted by Crippen LogP contribution is -2.23. The molecule has 0 amide bonds. The molecule has 0 saturated carbocycles. The molecule has 0 radical (unpaired) electrons. The van der Waals surface area contributed by atoms with E-state index in [1.54, 1.807) is 0 Å². The fraction of sp³-hybridized carbons (Fsp3) is 0.267. The Morgan fingerprint density at radius 3 is 2.48 bits per heavy atom. The second-order valence-corrected chi connectivity index (χ2v) is 4.37. The van der Waals surface area contributed by atoms with Crippen molar-refractivity contribution in [3.63, 3.8) is 0 Å². The van der Waals surface area contributed by atoms with Crippen molar-refractivity contribution < 1.29 is 32.2 Å². The summed E-state index contributed by atoms with van der Waals surface area (Å²) >= 11 is 0. The highest BCUT2D eigenvalue weighted by Gasteiger charge is 2.31. The number of benzene rings is 1. The molecule has 5 nitrogen and oxygen atoms in total. The molecular formula is C15H12F3NO4. The second kappa shape index (κ2) is 7.45. The molecule has 0 aliphatic heterocycles. The highest BCUT2D eigenvalue weighted by Crippen LogP contribution is 2.24. The number of hydrogen-bond acceptors (Lipinski definition) is 5. The summed E-state index contributed by atoms with van der Waals surface area (Å²) in [5, 5.41) is 8.80. The lowest BCUT2D eigenvalue weighted by molar-refractivity contribution is -0.183. The summed E-state index contributed by atoms with van der Waals surface area (Å²) in [6.07, 6.45) is -3.63. The van der Waals surface area contributed by atoms with Crippen LogP contribution in [0.3, 0.4) is 0 Å². The Bertz CT molecular complexity index is 687. The summed E-state index contributed by atoms with van der Waals surface area (Å²) in [4.78, 5) is 23.1. The van der Waals surface area contributed by atoms with E-state index in [4.69, 9.17) is 10.00 Å². The minimum atomic E-state index is -4.69. The third kappa shape index (κ3) is 5.47. The topological polar surface area (TPSA) is 76.4 Å². The number of ketones is 1. The van der Waals surface area contributed by atoms with Crippen LogP contribution in [0.15, 0.2) is 23.8 Å². The monoisotopic (exact) mass is 327 g/mol. The van der Waals surface area contributed by atoms with Crippen molar-refractivity contribution >= 4 is 17.8 Å². The van der Waals surface area contributed by atoms with Gasteiger partial charge in [0.15, 0.2) is 12.4 Å². The first-order valence-corrected chi connectivity index (χ1v) is 6.22. The van der Waals surface area contributed by atoms with Gasteiger partial charge in [0.1, 0.15) is 11.3 Å². The number of Topliss-reactive ketones (excluding diaryl/α,β-unsaturated/α-hetero) is 1. The first kappa shape index (κ1) is 18.2. The van der Waals surface area contributed by atoms with Gasteiger partial charge in [0.05, 0.1) is 18.7 Å². The minimum absolute atomic E-state index is 0.187. The Kier molecular flexibility index (Phi) is 5.90. The van der Waals surface area contributed by atoms with E-state index >= 15 is 0 Å². The molecule has 1 rings (SSSR count). The number of carbonyl (C=O) groups is 2. The molecule has 0 fully saturated rings. The van der Waals surface area contributed by atoms with Crippen LogP contribution in [0, 0.1) is 11.3 Å². The quantitative estimate of drug-likeness (QED) is 0.360. The van der Waals surface area contributed by atoms with Crippen molar-refractivity contribution in [2.75, 3.05) is 13.7 Å². The number of rotatable bonds is 5. The molecule has 0 bridgehead atoms. The number of methoxy groups -OCH3 is 1. The normalized spacial score (nSPS) is 11.6. The van der Waals surface area contributed by atoms with E-state index in [0.29, 0.717) is 0 Å². The molecule has 0 atom stereocenters. The van der Waals surface area contributed by atoms with Gasteiger partial charge in [0, 0.05) is 5.56 Å². The zero-order valence-electron chi connectivity index (χ0n) is 12.2. The molecule has 122 valence electrons. The van der Waals surface area contributed by atoms with Crippen LogP contribution in [0.5, 0.6) is 5.75 Å². The van der Waals surface area contributed by atoms with Crippen molar-refractivity contribution in [1.82, 2.24) is 0 Å². The first-order valence-electron chi connectivity index (χ1n) is 6.22. The summed E-state index contributed by atoms with van der Waals surface area (Å²) in [7, 11) is 1.31. The zero-order chi connectivity index (χ0) is 17.6. The maximum absolute atomic E-state index is 12.1. The zero-order valence-corrected chi connectivity index (χ0v) is 12.2. The fourth-order valence-corrected chi connectivity index (χ4v) is 1.58. The lowest BCUT2D eigenvalue weighted by Gasteiger charge is -2.10. The second-order valence-electron chi connectivity index (χ2n) is 4.37. The Labute approximate surface area is 129 Å². The van der Waals surface area contributed by atoms with Gasteiger partial charge in [-0.3, -0.25) is 4.79 Å². The molecular weight excluding hydrogens is 315 g/mol.